The quantitative estimate of drug-likeness (QED) is 0.770. The van der Waals surface area contributed by atoms with Gasteiger partial charge in [-0.1, -0.05) is 0 Å². The van der Waals surface area contributed by atoms with E-state index < -0.39 is 17.4 Å². The minimum absolute atomic E-state index is 0.0118. The molecule has 6 heteroatoms. The molecule has 1 aromatic rings. The fraction of sp³-hybridized carbons (Fsp3) is 0.333. The zero-order chi connectivity index (χ0) is 13.7. The number of carbonyl (C=O) groups excluding carboxylic acids is 2. The van der Waals surface area contributed by atoms with Crippen LogP contribution in [-0.4, -0.2) is 42.2 Å². The number of hydrogen-bond donors (Lipinski definition) is 0. The van der Waals surface area contributed by atoms with Gasteiger partial charge in [0.25, 0.3) is 0 Å². The molecule has 0 bridgehead atoms. The topological polar surface area (TPSA) is 37.4 Å². The van der Waals surface area contributed by atoms with Crippen molar-refractivity contribution < 1.29 is 18.4 Å². The Bertz CT molecular complexity index is 463. The maximum atomic E-state index is 13.3. The fourth-order valence-corrected chi connectivity index (χ4v) is 2.03. The fourth-order valence-electron chi connectivity index (χ4n) is 1.15. The van der Waals surface area contributed by atoms with Crippen LogP contribution in [0, 0.1) is 11.6 Å². The molecule has 0 aliphatic carbocycles. The lowest BCUT2D eigenvalue weighted by Crippen LogP contribution is -2.24. The Morgan fingerprint density at radius 1 is 1.22 bits per heavy atom. The van der Waals surface area contributed by atoms with Crippen LogP contribution in [0.2, 0.25) is 0 Å². The minimum Gasteiger partial charge on any atom is -0.348 e. The molecule has 0 saturated heterocycles. The maximum Gasteiger partial charge on any atom is 0.232 e. The van der Waals surface area contributed by atoms with E-state index in [0.29, 0.717) is 6.07 Å². The molecule has 0 spiro atoms. The number of Topliss-reactive ketones (excluding diaryl/α,β-unsaturated/α-hetero) is 1. The van der Waals surface area contributed by atoms with Crippen LogP contribution in [0.4, 0.5) is 8.78 Å². The molecule has 0 saturated carbocycles. The van der Waals surface area contributed by atoms with E-state index in [-0.39, 0.29) is 23.0 Å². The molecule has 0 aromatic heterocycles. The highest BCUT2D eigenvalue weighted by Crippen LogP contribution is 2.13. The van der Waals surface area contributed by atoms with Gasteiger partial charge in [0, 0.05) is 20.2 Å². The first-order valence-corrected chi connectivity index (χ1v) is 6.33. The summed E-state index contributed by atoms with van der Waals surface area (Å²) in [6.45, 7) is 0. The zero-order valence-electron chi connectivity index (χ0n) is 10.1. The first-order valence-electron chi connectivity index (χ1n) is 5.18. The number of thioether (sulfide) groups is 1. The highest BCUT2D eigenvalue weighted by molar-refractivity contribution is 8.00. The van der Waals surface area contributed by atoms with Crippen LogP contribution in [0.1, 0.15) is 10.4 Å². The molecule has 98 valence electrons. The normalized spacial score (nSPS) is 10.2. The summed E-state index contributed by atoms with van der Waals surface area (Å²) in [5, 5.41) is 0. The standard InChI is InChI=1S/C12H13F2NO2S/c1-15(2)12(17)7-18-6-11(16)9-4-3-8(13)5-10(9)14/h3-5H,6-7H2,1-2H3. The van der Waals surface area contributed by atoms with Crippen molar-refractivity contribution in [1.82, 2.24) is 4.90 Å². The number of hydrogen-bond acceptors (Lipinski definition) is 3. The number of amides is 1. The van der Waals surface area contributed by atoms with Gasteiger partial charge in [-0.05, 0) is 12.1 Å². The Hall–Kier alpha value is -1.43. The van der Waals surface area contributed by atoms with E-state index in [1.165, 1.54) is 4.90 Å². The molecule has 0 fully saturated rings. The molecule has 0 aliphatic rings. The van der Waals surface area contributed by atoms with E-state index >= 15 is 0 Å². The average Bonchev–Trinajstić information content (AvgIpc) is 2.28. The van der Waals surface area contributed by atoms with Crippen LogP contribution in [0.25, 0.3) is 0 Å². The van der Waals surface area contributed by atoms with Gasteiger partial charge >= 0.3 is 0 Å². The highest BCUT2D eigenvalue weighted by Gasteiger charge is 2.13. The molecular weight excluding hydrogens is 260 g/mol. The molecule has 1 amide bonds. The third-order valence-corrected chi connectivity index (χ3v) is 3.11. The van der Waals surface area contributed by atoms with E-state index in [0.717, 1.165) is 23.9 Å². The third-order valence-electron chi connectivity index (χ3n) is 2.19. The summed E-state index contributed by atoms with van der Waals surface area (Å²) in [6, 6.07) is 2.82. The van der Waals surface area contributed by atoms with E-state index in [4.69, 9.17) is 0 Å². The number of ketones is 1. The largest absolute Gasteiger partial charge is 0.348 e. The molecule has 1 rings (SSSR count). The third kappa shape index (κ3) is 4.10. The van der Waals surface area contributed by atoms with Crippen molar-refractivity contribution in [2.45, 2.75) is 0 Å². The lowest BCUT2D eigenvalue weighted by Gasteiger charge is -2.09. The second-order valence-electron chi connectivity index (χ2n) is 3.83. The summed E-state index contributed by atoms with van der Waals surface area (Å²) in [5.74, 6) is -2.03. The van der Waals surface area contributed by atoms with Crippen molar-refractivity contribution in [2.24, 2.45) is 0 Å². The molecule has 3 nitrogen and oxygen atoms in total. The Labute approximate surface area is 108 Å². The SMILES string of the molecule is CN(C)C(=O)CSCC(=O)c1ccc(F)cc1F. The van der Waals surface area contributed by atoms with Crippen molar-refractivity contribution in [3.63, 3.8) is 0 Å². The van der Waals surface area contributed by atoms with Crippen LogP contribution in [0.5, 0.6) is 0 Å². The average molecular weight is 273 g/mol. The van der Waals surface area contributed by atoms with E-state index in [1.807, 2.05) is 0 Å². The van der Waals surface area contributed by atoms with Gasteiger partial charge < -0.3 is 4.90 Å². The molecule has 1 aromatic carbocycles. The van der Waals surface area contributed by atoms with Gasteiger partial charge in [-0.3, -0.25) is 9.59 Å². The molecule has 0 radical (unpaired) electrons. The predicted molar refractivity (Wildman–Crippen MR) is 66.7 cm³/mol. The Morgan fingerprint density at radius 3 is 2.44 bits per heavy atom. The van der Waals surface area contributed by atoms with Gasteiger partial charge in [0.15, 0.2) is 5.78 Å². The second kappa shape index (κ2) is 6.49. The van der Waals surface area contributed by atoms with E-state index in [9.17, 15) is 18.4 Å². The molecule has 18 heavy (non-hydrogen) atoms. The van der Waals surface area contributed by atoms with Crippen LogP contribution in [0.3, 0.4) is 0 Å². The summed E-state index contributed by atoms with van der Waals surface area (Å²) in [5.41, 5.74) is -0.152. The summed E-state index contributed by atoms with van der Waals surface area (Å²) in [7, 11) is 3.23. The maximum absolute atomic E-state index is 13.3. The van der Waals surface area contributed by atoms with Gasteiger partial charge in [0.2, 0.25) is 5.91 Å². The number of rotatable bonds is 5. The van der Waals surface area contributed by atoms with Crippen LogP contribution in [0.15, 0.2) is 18.2 Å². The smallest absolute Gasteiger partial charge is 0.232 e. The summed E-state index contributed by atoms with van der Waals surface area (Å²) in [6.07, 6.45) is 0. The van der Waals surface area contributed by atoms with Gasteiger partial charge in [-0.15, -0.1) is 11.8 Å². The van der Waals surface area contributed by atoms with Crippen LogP contribution in [-0.2, 0) is 4.79 Å². The number of benzene rings is 1. The number of carbonyl (C=O) groups is 2. The van der Waals surface area contributed by atoms with E-state index in [1.54, 1.807) is 14.1 Å². The summed E-state index contributed by atoms with van der Waals surface area (Å²) >= 11 is 1.10. The van der Waals surface area contributed by atoms with Crippen molar-refractivity contribution in [3.05, 3.63) is 35.4 Å². The first-order chi connectivity index (χ1) is 8.41. The van der Waals surface area contributed by atoms with Gasteiger partial charge in [0.05, 0.1) is 17.1 Å². The lowest BCUT2D eigenvalue weighted by atomic mass is 10.1. The molecule has 0 unspecified atom stereocenters. The van der Waals surface area contributed by atoms with Crippen LogP contribution < -0.4 is 0 Å². The Kier molecular flexibility index (Phi) is 5.27. The number of halogens is 2. The highest BCUT2D eigenvalue weighted by atomic mass is 32.2. The first kappa shape index (κ1) is 14.6. The number of nitrogens with zero attached hydrogens (tertiary/aromatic N) is 1. The Balaban J connectivity index is 2.53. The van der Waals surface area contributed by atoms with Crippen LogP contribution >= 0.6 is 11.8 Å². The molecular formula is C12H13F2NO2S. The van der Waals surface area contributed by atoms with Gasteiger partial charge in [-0.25, -0.2) is 8.78 Å². The van der Waals surface area contributed by atoms with Crippen molar-refractivity contribution in [2.75, 3.05) is 25.6 Å². The van der Waals surface area contributed by atoms with Gasteiger partial charge in [0.1, 0.15) is 11.6 Å². The zero-order valence-corrected chi connectivity index (χ0v) is 10.9. The monoisotopic (exact) mass is 273 g/mol. The van der Waals surface area contributed by atoms with Crippen molar-refractivity contribution >= 4 is 23.5 Å². The van der Waals surface area contributed by atoms with E-state index in [2.05, 4.69) is 0 Å². The molecule has 0 heterocycles. The second-order valence-corrected chi connectivity index (χ2v) is 4.81. The van der Waals surface area contributed by atoms with Crippen molar-refractivity contribution in [3.8, 4) is 0 Å². The summed E-state index contributed by atoms with van der Waals surface area (Å²) < 4.78 is 25.9. The lowest BCUT2D eigenvalue weighted by molar-refractivity contribution is -0.125. The molecule has 0 aliphatic heterocycles. The predicted octanol–water partition coefficient (Wildman–Crippen LogP) is 1.97. The van der Waals surface area contributed by atoms with Crippen molar-refractivity contribution in [1.29, 1.82) is 0 Å². The molecule has 0 N–H and O–H groups in total. The molecule has 0 atom stereocenters. The summed E-state index contributed by atoms with van der Waals surface area (Å²) in [4.78, 5) is 24.3. The minimum atomic E-state index is -0.875. The Morgan fingerprint density at radius 2 is 1.89 bits per heavy atom. The van der Waals surface area contributed by atoms with Gasteiger partial charge in [-0.2, -0.15) is 0 Å².